The molecule has 0 amide bonds. The van der Waals surface area contributed by atoms with Gasteiger partial charge in [-0.2, -0.15) is 0 Å². The van der Waals surface area contributed by atoms with Crippen LogP contribution in [0.15, 0.2) is 0 Å². The predicted molar refractivity (Wildman–Crippen MR) is 89.4 cm³/mol. The first kappa shape index (κ1) is 18.8. The van der Waals surface area contributed by atoms with Gasteiger partial charge in [0.2, 0.25) is 0 Å². The molecular formula is C16H36N4O. The Bertz CT molecular complexity index is 250. The highest BCUT2D eigenvalue weighted by Crippen LogP contribution is 2.05. The van der Waals surface area contributed by atoms with Crippen LogP contribution in [0.2, 0.25) is 0 Å². The van der Waals surface area contributed by atoms with Crippen LogP contribution in [0.3, 0.4) is 0 Å². The van der Waals surface area contributed by atoms with Crippen LogP contribution in [0.1, 0.15) is 32.6 Å². The number of nitrogens with zero attached hydrogens (tertiary/aromatic N) is 4. The second kappa shape index (κ2) is 11.4. The van der Waals surface area contributed by atoms with Gasteiger partial charge in [-0.25, -0.2) is 0 Å². The van der Waals surface area contributed by atoms with E-state index in [1.165, 1.54) is 52.0 Å². The van der Waals surface area contributed by atoms with Crippen LogP contribution < -0.4 is 0 Å². The first-order valence-electron chi connectivity index (χ1n) is 8.58. The summed E-state index contributed by atoms with van der Waals surface area (Å²) in [6.07, 6.45) is 5.56. The molecule has 2 aliphatic rings. The van der Waals surface area contributed by atoms with E-state index in [2.05, 4.69) is 40.6 Å². The van der Waals surface area contributed by atoms with Gasteiger partial charge in [0.25, 0.3) is 0 Å². The fraction of sp³-hybridized carbons (Fsp3) is 1.00. The standard InChI is InChI=1S/C10H22N2.C6H14N2O/c1-3-4-5-6-7-12-9-8-11(2)10-12;1-7-2-3-8(6-7)4-5-9/h3-10H2,1-2H3;9H,2-6H2,1H3. The van der Waals surface area contributed by atoms with Crippen molar-refractivity contribution >= 4 is 0 Å². The number of aliphatic hydroxyl groups excluding tert-OH is 1. The average Bonchev–Trinajstić information content (AvgIpc) is 3.05. The summed E-state index contributed by atoms with van der Waals surface area (Å²) in [6.45, 7) is 11.7. The van der Waals surface area contributed by atoms with Crippen LogP contribution in [-0.4, -0.2) is 98.0 Å². The lowest BCUT2D eigenvalue weighted by Crippen LogP contribution is -2.25. The van der Waals surface area contributed by atoms with E-state index < -0.39 is 0 Å². The molecule has 2 aliphatic heterocycles. The molecule has 2 saturated heterocycles. The van der Waals surface area contributed by atoms with Crippen molar-refractivity contribution in [1.82, 2.24) is 19.6 Å². The summed E-state index contributed by atoms with van der Waals surface area (Å²) in [7, 11) is 4.30. The van der Waals surface area contributed by atoms with Crippen molar-refractivity contribution in [2.75, 3.05) is 73.3 Å². The van der Waals surface area contributed by atoms with Crippen molar-refractivity contribution in [1.29, 1.82) is 0 Å². The number of hydrogen-bond donors (Lipinski definition) is 1. The van der Waals surface area contributed by atoms with Crippen LogP contribution in [-0.2, 0) is 0 Å². The lowest BCUT2D eigenvalue weighted by atomic mass is 10.2. The van der Waals surface area contributed by atoms with Gasteiger partial charge in [-0.1, -0.05) is 26.2 Å². The zero-order valence-electron chi connectivity index (χ0n) is 14.4. The van der Waals surface area contributed by atoms with Gasteiger partial charge in [-0.15, -0.1) is 0 Å². The van der Waals surface area contributed by atoms with Gasteiger partial charge in [0.05, 0.1) is 19.9 Å². The minimum atomic E-state index is 0.286. The average molecular weight is 300 g/mol. The Kier molecular flexibility index (Phi) is 10.2. The Morgan fingerprint density at radius 3 is 1.76 bits per heavy atom. The molecule has 0 unspecified atom stereocenters. The van der Waals surface area contributed by atoms with Crippen molar-refractivity contribution in [2.45, 2.75) is 32.6 Å². The highest BCUT2D eigenvalue weighted by molar-refractivity contribution is 4.67. The Balaban J connectivity index is 0.000000219. The molecule has 2 heterocycles. The molecule has 0 aromatic rings. The van der Waals surface area contributed by atoms with E-state index in [9.17, 15) is 0 Å². The SMILES string of the molecule is CCCCCCN1CCN(C)C1.CN1CCN(CCO)C1. The van der Waals surface area contributed by atoms with E-state index in [0.717, 1.165) is 26.3 Å². The maximum Gasteiger partial charge on any atom is 0.0558 e. The lowest BCUT2D eigenvalue weighted by Gasteiger charge is -2.14. The van der Waals surface area contributed by atoms with E-state index in [4.69, 9.17) is 5.11 Å². The Hall–Kier alpha value is -0.200. The van der Waals surface area contributed by atoms with E-state index >= 15 is 0 Å². The molecule has 0 atom stereocenters. The van der Waals surface area contributed by atoms with Crippen LogP contribution >= 0.6 is 0 Å². The molecule has 2 fully saturated rings. The van der Waals surface area contributed by atoms with E-state index in [1.807, 2.05) is 0 Å². The molecular weight excluding hydrogens is 264 g/mol. The summed E-state index contributed by atoms with van der Waals surface area (Å²) in [5, 5.41) is 8.55. The van der Waals surface area contributed by atoms with Crippen molar-refractivity contribution in [3.63, 3.8) is 0 Å². The smallest absolute Gasteiger partial charge is 0.0558 e. The first-order chi connectivity index (χ1) is 10.2. The monoisotopic (exact) mass is 300 g/mol. The largest absolute Gasteiger partial charge is 0.395 e. The van der Waals surface area contributed by atoms with Gasteiger partial charge in [0, 0.05) is 32.7 Å². The maximum absolute atomic E-state index is 8.55. The molecule has 0 aliphatic carbocycles. The molecule has 0 saturated carbocycles. The number of likely N-dealkylation sites (N-methyl/N-ethyl adjacent to an activating group) is 2. The van der Waals surface area contributed by atoms with E-state index in [0.29, 0.717) is 0 Å². The Labute approximate surface area is 131 Å². The van der Waals surface area contributed by atoms with Crippen molar-refractivity contribution in [3.8, 4) is 0 Å². The Morgan fingerprint density at radius 2 is 1.33 bits per heavy atom. The maximum atomic E-state index is 8.55. The highest BCUT2D eigenvalue weighted by Gasteiger charge is 2.15. The third-order valence-electron chi connectivity index (χ3n) is 4.22. The fourth-order valence-corrected chi connectivity index (χ4v) is 2.86. The van der Waals surface area contributed by atoms with Crippen molar-refractivity contribution in [3.05, 3.63) is 0 Å². The minimum absolute atomic E-state index is 0.286. The molecule has 0 aromatic heterocycles. The first-order valence-corrected chi connectivity index (χ1v) is 8.58. The molecule has 5 nitrogen and oxygen atoms in total. The number of rotatable bonds is 7. The van der Waals surface area contributed by atoms with Crippen molar-refractivity contribution in [2.24, 2.45) is 0 Å². The van der Waals surface area contributed by atoms with Gasteiger partial charge >= 0.3 is 0 Å². The molecule has 0 radical (unpaired) electrons. The molecule has 0 aromatic carbocycles. The number of hydrogen-bond acceptors (Lipinski definition) is 5. The summed E-state index contributed by atoms with van der Waals surface area (Å²) >= 11 is 0. The summed E-state index contributed by atoms with van der Waals surface area (Å²) in [6, 6.07) is 0. The summed E-state index contributed by atoms with van der Waals surface area (Å²) in [5.41, 5.74) is 0. The second-order valence-electron chi connectivity index (χ2n) is 6.46. The molecule has 21 heavy (non-hydrogen) atoms. The van der Waals surface area contributed by atoms with Crippen molar-refractivity contribution < 1.29 is 5.11 Å². The quantitative estimate of drug-likeness (QED) is 0.708. The number of β-amino-alcohol motifs (C(OH)–C–C–N with tert-alkyl or cyclic N) is 1. The molecule has 2 rings (SSSR count). The summed E-state index contributed by atoms with van der Waals surface area (Å²) in [4.78, 5) is 9.42. The van der Waals surface area contributed by atoms with E-state index in [1.54, 1.807) is 0 Å². The summed E-state index contributed by atoms with van der Waals surface area (Å²) < 4.78 is 0. The molecule has 0 spiro atoms. The lowest BCUT2D eigenvalue weighted by molar-refractivity contribution is 0.202. The Morgan fingerprint density at radius 1 is 0.762 bits per heavy atom. The normalized spacial score (nSPS) is 21.7. The van der Waals surface area contributed by atoms with Gasteiger partial charge in [-0.3, -0.25) is 19.6 Å². The van der Waals surface area contributed by atoms with Crippen LogP contribution in [0.5, 0.6) is 0 Å². The second-order valence-corrected chi connectivity index (χ2v) is 6.46. The van der Waals surface area contributed by atoms with Crippen LogP contribution in [0, 0.1) is 0 Å². The number of unbranched alkanes of at least 4 members (excludes halogenated alkanes) is 3. The van der Waals surface area contributed by atoms with Gasteiger partial charge < -0.3 is 5.11 Å². The minimum Gasteiger partial charge on any atom is -0.395 e. The topological polar surface area (TPSA) is 33.2 Å². The van der Waals surface area contributed by atoms with Gasteiger partial charge in [0.1, 0.15) is 0 Å². The molecule has 5 heteroatoms. The van der Waals surface area contributed by atoms with Gasteiger partial charge in [0.15, 0.2) is 0 Å². The molecule has 1 N–H and O–H groups in total. The fourth-order valence-electron chi connectivity index (χ4n) is 2.86. The number of aliphatic hydroxyl groups is 1. The molecule has 126 valence electrons. The predicted octanol–water partition coefficient (Wildman–Crippen LogP) is 0.955. The van der Waals surface area contributed by atoms with Crippen LogP contribution in [0.4, 0.5) is 0 Å². The van der Waals surface area contributed by atoms with Gasteiger partial charge in [-0.05, 0) is 27.1 Å². The molecule has 0 bridgehead atoms. The van der Waals surface area contributed by atoms with Crippen LogP contribution in [0.25, 0.3) is 0 Å². The van der Waals surface area contributed by atoms with E-state index in [-0.39, 0.29) is 6.61 Å². The third kappa shape index (κ3) is 8.73. The highest BCUT2D eigenvalue weighted by atomic mass is 16.3. The summed E-state index contributed by atoms with van der Waals surface area (Å²) in [5.74, 6) is 0. The zero-order valence-corrected chi connectivity index (χ0v) is 14.4. The third-order valence-corrected chi connectivity index (χ3v) is 4.22. The zero-order chi connectivity index (χ0) is 15.5.